The fourth-order valence-corrected chi connectivity index (χ4v) is 4.34. The molecule has 1 fully saturated rings. The number of furan rings is 1. The number of nitrogens with zero attached hydrogens (tertiary/aromatic N) is 5. The third-order valence-electron chi connectivity index (χ3n) is 5.23. The molecule has 2 aromatic heterocycles. The molecule has 0 unspecified atom stereocenters. The van der Waals surface area contributed by atoms with Gasteiger partial charge in [0.15, 0.2) is 10.9 Å². The molecule has 1 aliphatic heterocycles. The Balaban J connectivity index is 1.55. The van der Waals surface area contributed by atoms with Crippen LogP contribution in [0.4, 0.5) is 0 Å². The zero-order valence-electron chi connectivity index (χ0n) is 16.7. The molecule has 1 aromatic carbocycles. The first-order valence-electron chi connectivity index (χ1n) is 9.85. The van der Waals surface area contributed by atoms with E-state index in [0.29, 0.717) is 22.5 Å². The summed E-state index contributed by atoms with van der Waals surface area (Å²) < 4.78 is 7.54. The Bertz CT molecular complexity index is 961. The summed E-state index contributed by atoms with van der Waals surface area (Å²) in [6, 6.07) is 11.8. The van der Waals surface area contributed by atoms with Crippen LogP contribution in [-0.2, 0) is 4.79 Å². The van der Waals surface area contributed by atoms with Crippen LogP contribution in [0.2, 0.25) is 0 Å². The van der Waals surface area contributed by atoms with E-state index in [1.165, 1.54) is 11.8 Å². The van der Waals surface area contributed by atoms with Crippen molar-refractivity contribution in [2.24, 2.45) is 0 Å². The molecule has 0 radical (unpaired) electrons. The third-order valence-corrected chi connectivity index (χ3v) is 6.14. The van der Waals surface area contributed by atoms with Gasteiger partial charge in [-0.2, -0.15) is 0 Å². The van der Waals surface area contributed by atoms with E-state index in [1.54, 1.807) is 6.26 Å². The molecular weight excluding hydrogens is 386 g/mol. The summed E-state index contributed by atoms with van der Waals surface area (Å²) in [7, 11) is 0. The van der Waals surface area contributed by atoms with Crippen molar-refractivity contribution in [3.63, 3.8) is 0 Å². The predicted molar refractivity (Wildman–Crippen MR) is 113 cm³/mol. The number of carbonyl (C=O) groups is 1. The first-order chi connectivity index (χ1) is 14.2. The smallest absolute Gasteiger partial charge is 0.233 e. The summed E-state index contributed by atoms with van der Waals surface area (Å²) in [5.41, 5.74) is 2.08. The molecule has 29 heavy (non-hydrogen) atoms. The zero-order chi connectivity index (χ0) is 20.2. The summed E-state index contributed by atoms with van der Waals surface area (Å²) in [5.74, 6) is 1.77. The van der Waals surface area contributed by atoms with Gasteiger partial charge in [-0.05, 0) is 37.2 Å². The molecule has 0 N–H and O–H groups in total. The maximum Gasteiger partial charge on any atom is 0.233 e. The van der Waals surface area contributed by atoms with Gasteiger partial charge < -0.3 is 14.2 Å². The van der Waals surface area contributed by atoms with Crippen molar-refractivity contribution >= 4 is 17.7 Å². The SMILES string of the molecule is CCN1CCN(C(=O)CSc2nnc(-c3ccco3)n2-c2ccccc2C)CC1. The minimum absolute atomic E-state index is 0.143. The van der Waals surface area contributed by atoms with Gasteiger partial charge in [0.2, 0.25) is 11.7 Å². The molecule has 152 valence electrons. The molecule has 1 amide bonds. The molecule has 3 aromatic rings. The van der Waals surface area contributed by atoms with Crippen LogP contribution in [0.3, 0.4) is 0 Å². The number of rotatable bonds is 6. The van der Waals surface area contributed by atoms with Crippen molar-refractivity contribution in [3.8, 4) is 17.3 Å². The molecule has 8 heteroatoms. The number of hydrogen-bond acceptors (Lipinski definition) is 6. The van der Waals surface area contributed by atoms with Gasteiger partial charge in [0.05, 0.1) is 17.7 Å². The number of likely N-dealkylation sites (N-methyl/N-ethyl adjacent to an activating group) is 1. The molecule has 0 spiro atoms. The van der Waals surface area contributed by atoms with Crippen LogP contribution in [0.5, 0.6) is 0 Å². The van der Waals surface area contributed by atoms with Gasteiger partial charge in [-0.3, -0.25) is 9.36 Å². The van der Waals surface area contributed by atoms with E-state index >= 15 is 0 Å². The topological polar surface area (TPSA) is 67.4 Å². The van der Waals surface area contributed by atoms with Crippen LogP contribution in [0.15, 0.2) is 52.2 Å². The summed E-state index contributed by atoms with van der Waals surface area (Å²) in [4.78, 5) is 17.0. The Labute approximate surface area is 174 Å². The Kier molecular flexibility index (Phi) is 6.01. The zero-order valence-corrected chi connectivity index (χ0v) is 17.6. The standard InChI is InChI=1S/C21H25N5O2S/c1-3-24-10-12-25(13-11-24)19(27)15-29-21-23-22-20(18-9-6-14-28-18)26(21)17-8-5-4-7-16(17)2/h4-9,14H,3,10-13,15H2,1-2H3. The lowest BCUT2D eigenvalue weighted by atomic mass is 10.2. The number of aromatic nitrogens is 3. The number of para-hydroxylation sites is 1. The Morgan fingerprint density at radius 2 is 1.90 bits per heavy atom. The highest BCUT2D eigenvalue weighted by Gasteiger charge is 2.23. The van der Waals surface area contributed by atoms with Gasteiger partial charge in [0.1, 0.15) is 0 Å². The van der Waals surface area contributed by atoms with Crippen LogP contribution in [0, 0.1) is 6.92 Å². The van der Waals surface area contributed by atoms with Crippen LogP contribution < -0.4 is 0 Å². The molecular formula is C21H25N5O2S. The number of benzene rings is 1. The highest BCUT2D eigenvalue weighted by Crippen LogP contribution is 2.29. The first kappa shape index (κ1) is 19.7. The second-order valence-electron chi connectivity index (χ2n) is 7.01. The normalized spacial score (nSPS) is 15.0. The fourth-order valence-electron chi connectivity index (χ4n) is 3.49. The molecule has 0 atom stereocenters. The summed E-state index contributed by atoms with van der Waals surface area (Å²) in [6.45, 7) is 8.69. The van der Waals surface area contributed by atoms with Crippen molar-refractivity contribution in [1.82, 2.24) is 24.6 Å². The van der Waals surface area contributed by atoms with Gasteiger partial charge >= 0.3 is 0 Å². The average Bonchev–Trinajstić information content (AvgIpc) is 3.42. The van der Waals surface area contributed by atoms with Gasteiger partial charge in [-0.25, -0.2) is 0 Å². The van der Waals surface area contributed by atoms with E-state index in [4.69, 9.17) is 4.42 Å². The van der Waals surface area contributed by atoms with Crippen molar-refractivity contribution < 1.29 is 9.21 Å². The summed E-state index contributed by atoms with van der Waals surface area (Å²) in [6.07, 6.45) is 1.62. The maximum atomic E-state index is 12.7. The van der Waals surface area contributed by atoms with Gasteiger partial charge in [0, 0.05) is 26.2 Å². The van der Waals surface area contributed by atoms with Crippen LogP contribution in [0.25, 0.3) is 17.3 Å². The monoisotopic (exact) mass is 411 g/mol. The van der Waals surface area contributed by atoms with E-state index in [-0.39, 0.29) is 5.91 Å². The molecule has 0 bridgehead atoms. The average molecular weight is 412 g/mol. The highest BCUT2D eigenvalue weighted by molar-refractivity contribution is 7.99. The highest BCUT2D eigenvalue weighted by atomic mass is 32.2. The van der Waals surface area contributed by atoms with E-state index in [0.717, 1.165) is 44.0 Å². The second kappa shape index (κ2) is 8.84. The summed E-state index contributed by atoms with van der Waals surface area (Å²) >= 11 is 1.42. The molecule has 0 saturated carbocycles. The number of thioether (sulfide) groups is 1. The number of amides is 1. The first-order valence-corrected chi connectivity index (χ1v) is 10.8. The lowest BCUT2D eigenvalue weighted by Crippen LogP contribution is -2.49. The van der Waals surface area contributed by atoms with Crippen molar-refractivity contribution in [3.05, 3.63) is 48.2 Å². The summed E-state index contributed by atoms with van der Waals surface area (Å²) in [5, 5.41) is 9.41. The minimum atomic E-state index is 0.143. The van der Waals surface area contributed by atoms with Crippen LogP contribution in [-0.4, -0.2) is 68.9 Å². The lowest BCUT2D eigenvalue weighted by Gasteiger charge is -2.34. The fraction of sp³-hybridized carbons (Fsp3) is 0.381. The minimum Gasteiger partial charge on any atom is -0.461 e. The Morgan fingerprint density at radius 3 is 2.59 bits per heavy atom. The Morgan fingerprint density at radius 1 is 1.10 bits per heavy atom. The molecule has 1 saturated heterocycles. The van der Waals surface area contributed by atoms with E-state index in [9.17, 15) is 4.79 Å². The van der Waals surface area contributed by atoms with Gasteiger partial charge in [-0.1, -0.05) is 36.9 Å². The molecule has 7 nitrogen and oxygen atoms in total. The number of carbonyl (C=O) groups excluding carboxylic acids is 1. The quantitative estimate of drug-likeness (QED) is 0.581. The Hall–Kier alpha value is -2.58. The van der Waals surface area contributed by atoms with Gasteiger partial charge in [0.25, 0.3) is 0 Å². The van der Waals surface area contributed by atoms with E-state index < -0.39 is 0 Å². The predicted octanol–water partition coefficient (Wildman–Crippen LogP) is 3.09. The van der Waals surface area contributed by atoms with Crippen LogP contribution in [0.1, 0.15) is 12.5 Å². The van der Waals surface area contributed by atoms with Crippen LogP contribution >= 0.6 is 11.8 Å². The molecule has 1 aliphatic rings. The molecule has 3 heterocycles. The van der Waals surface area contributed by atoms with Crippen molar-refractivity contribution in [1.29, 1.82) is 0 Å². The van der Waals surface area contributed by atoms with Gasteiger partial charge in [-0.15, -0.1) is 10.2 Å². The third kappa shape index (κ3) is 4.23. The van der Waals surface area contributed by atoms with Crippen molar-refractivity contribution in [2.75, 3.05) is 38.5 Å². The maximum absolute atomic E-state index is 12.7. The number of piperazine rings is 1. The molecule has 4 rings (SSSR count). The lowest BCUT2D eigenvalue weighted by molar-refractivity contribution is -0.130. The van der Waals surface area contributed by atoms with E-state index in [1.807, 2.05) is 52.8 Å². The van der Waals surface area contributed by atoms with E-state index in [2.05, 4.69) is 22.0 Å². The second-order valence-corrected chi connectivity index (χ2v) is 7.95. The number of aryl methyl sites for hydroxylation is 1. The molecule has 0 aliphatic carbocycles. The largest absolute Gasteiger partial charge is 0.461 e. The van der Waals surface area contributed by atoms with Crippen molar-refractivity contribution in [2.45, 2.75) is 19.0 Å². The number of hydrogen-bond donors (Lipinski definition) is 0.